The second-order valence-corrected chi connectivity index (χ2v) is 3.40. The average Bonchev–Trinajstić information content (AvgIpc) is 2.34. The third-order valence-corrected chi connectivity index (χ3v) is 2.73. The summed E-state index contributed by atoms with van der Waals surface area (Å²) in [6.07, 6.45) is 3.06. The van der Waals surface area contributed by atoms with E-state index in [1.165, 1.54) is 0 Å². The van der Waals surface area contributed by atoms with E-state index in [2.05, 4.69) is 0 Å². The van der Waals surface area contributed by atoms with Crippen molar-refractivity contribution in [3.63, 3.8) is 0 Å². The smallest absolute Gasteiger partial charge is 0.316 e. The molecular formula is C7H11NO2S. The Bertz CT molecular complexity index is 181. The topological polar surface area (TPSA) is 63.3 Å². The Morgan fingerprint density at radius 3 is 2.09 bits per heavy atom. The lowest BCUT2D eigenvalue weighted by Gasteiger charge is -2.21. The summed E-state index contributed by atoms with van der Waals surface area (Å²) in [5.41, 5.74) is 4.50. The van der Waals surface area contributed by atoms with E-state index in [0.29, 0.717) is 12.8 Å². The maximum absolute atomic E-state index is 10.8. The summed E-state index contributed by atoms with van der Waals surface area (Å²) >= 11 is 4.74. The van der Waals surface area contributed by atoms with E-state index in [4.69, 9.17) is 23.1 Å². The van der Waals surface area contributed by atoms with E-state index in [1.807, 2.05) is 0 Å². The minimum atomic E-state index is -0.880. The molecule has 3 N–H and O–H groups in total. The van der Waals surface area contributed by atoms with Gasteiger partial charge in [-0.15, -0.1) is 0 Å². The Kier molecular flexibility index (Phi) is 2.13. The van der Waals surface area contributed by atoms with Crippen LogP contribution in [-0.4, -0.2) is 16.1 Å². The van der Waals surface area contributed by atoms with E-state index in [9.17, 15) is 4.79 Å². The fourth-order valence-electron chi connectivity index (χ4n) is 1.54. The Balaban J connectivity index is 2.87. The zero-order valence-corrected chi connectivity index (χ0v) is 6.99. The van der Waals surface area contributed by atoms with Crippen LogP contribution in [0.1, 0.15) is 25.7 Å². The van der Waals surface area contributed by atoms with Crippen molar-refractivity contribution in [3.8, 4) is 0 Å². The van der Waals surface area contributed by atoms with Gasteiger partial charge in [0.25, 0.3) is 0 Å². The zero-order chi connectivity index (χ0) is 8.48. The molecule has 3 nitrogen and oxygen atoms in total. The summed E-state index contributed by atoms with van der Waals surface area (Å²) in [6.45, 7) is 0. The number of hydrogen-bond donors (Lipinski definition) is 2. The van der Waals surface area contributed by atoms with Gasteiger partial charge in [0.2, 0.25) is 0 Å². The molecule has 1 saturated carbocycles. The lowest BCUT2D eigenvalue weighted by molar-refractivity contribution is -0.144. The van der Waals surface area contributed by atoms with Gasteiger partial charge in [0.15, 0.2) is 0 Å². The molecule has 0 heterocycles. The van der Waals surface area contributed by atoms with Crippen LogP contribution in [0.3, 0.4) is 0 Å². The summed E-state index contributed by atoms with van der Waals surface area (Å²) < 4.78 is 0. The van der Waals surface area contributed by atoms with Crippen LogP contribution in [0.5, 0.6) is 0 Å². The molecule has 0 aromatic rings. The largest absolute Gasteiger partial charge is 0.481 e. The molecule has 0 bridgehead atoms. The first-order chi connectivity index (χ1) is 5.09. The lowest BCUT2D eigenvalue weighted by atomic mass is 9.86. The van der Waals surface area contributed by atoms with Gasteiger partial charge >= 0.3 is 5.97 Å². The predicted octanol–water partition coefficient (Wildman–Crippen LogP) is 0.917. The summed E-state index contributed by atoms with van der Waals surface area (Å²) in [6, 6.07) is 0. The number of carboxylic acid groups (broad SMARTS) is 1. The van der Waals surface area contributed by atoms with Crippen molar-refractivity contribution < 1.29 is 9.90 Å². The third kappa shape index (κ3) is 1.22. The van der Waals surface area contributed by atoms with Crippen LogP contribution in [-0.2, 0) is 4.79 Å². The Hall–Kier alpha value is -0.640. The van der Waals surface area contributed by atoms with Crippen molar-refractivity contribution in [1.82, 2.24) is 0 Å². The summed E-state index contributed by atoms with van der Waals surface area (Å²) in [5, 5.41) is 8.87. The maximum Gasteiger partial charge on any atom is 0.316 e. The molecule has 1 aliphatic carbocycles. The van der Waals surface area contributed by atoms with Gasteiger partial charge in [-0.3, -0.25) is 4.79 Å². The highest BCUT2D eigenvalue weighted by molar-refractivity contribution is 7.80. The van der Waals surface area contributed by atoms with E-state index in [-0.39, 0.29) is 4.99 Å². The molecule has 1 aliphatic rings. The van der Waals surface area contributed by atoms with Crippen LogP contribution in [0, 0.1) is 5.41 Å². The van der Waals surface area contributed by atoms with E-state index >= 15 is 0 Å². The fraction of sp³-hybridized carbons (Fsp3) is 0.714. The Morgan fingerprint density at radius 1 is 1.45 bits per heavy atom. The molecule has 0 aromatic carbocycles. The highest BCUT2D eigenvalue weighted by Gasteiger charge is 2.43. The Labute approximate surface area is 70.6 Å². The van der Waals surface area contributed by atoms with Crippen LogP contribution >= 0.6 is 12.2 Å². The number of aliphatic carboxylic acids is 1. The van der Waals surface area contributed by atoms with Crippen LogP contribution < -0.4 is 5.73 Å². The SMILES string of the molecule is NC(=S)C1(C(=O)O)CCCC1. The molecule has 1 fully saturated rings. The van der Waals surface area contributed by atoms with Gasteiger partial charge in [-0.2, -0.15) is 0 Å². The first kappa shape index (κ1) is 8.46. The first-order valence-corrected chi connectivity index (χ1v) is 4.04. The van der Waals surface area contributed by atoms with Crippen molar-refractivity contribution in [2.75, 3.05) is 0 Å². The fourth-order valence-corrected chi connectivity index (χ4v) is 1.84. The minimum Gasteiger partial charge on any atom is -0.481 e. The maximum atomic E-state index is 10.8. The van der Waals surface area contributed by atoms with Gasteiger partial charge in [-0.25, -0.2) is 0 Å². The van der Waals surface area contributed by atoms with Crippen molar-refractivity contribution in [3.05, 3.63) is 0 Å². The normalized spacial score (nSPS) is 21.5. The van der Waals surface area contributed by atoms with Crippen LogP contribution in [0.4, 0.5) is 0 Å². The number of hydrogen-bond acceptors (Lipinski definition) is 2. The Morgan fingerprint density at radius 2 is 1.91 bits per heavy atom. The van der Waals surface area contributed by atoms with Gasteiger partial charge in [-0.05, 0) is 12.8 Å². The predicted molar refractivity (Wildman–Crippen MR) is 45.3 cm³/mol. The highest BCUT2D eigenvalue weighted by Crippen LogP contribution is 2.38. The number of rotatable bonds is 2. The number of thiocarbonyl (C=S) groups is 1. The van der Waals surface area contributed by atoms with E-state index in [0.717, 1.165) is 12.8 Å². The molecule has 0 saturated heterocycles. The van der Waals surface area contributed by atoms with Crippen LogP contribution in [0.2, 0.25) is 0 Å². The van der Waals surface area contributed by atoms with Crippen LogP contribution in [0.15, 0.2) is 0 Å². The number of nitrogens with two attached hydrogens (primary N) is 1. The summed E-state index contributed by atoms with van der Waals surface area (Å²) in [5.74, 6) is -0.859. The molecule has 4 heteroatoms. The molecule has 1 rings (SSSR count). The molecule has 0 aromatic heterocycles. The van der Waals surface area contributed by atoms with Crippen molar-refractivity contribution in [2.45, 2.75) is 25.7 Å². The molecule has 0 spiro atoms. The minimum absolute atomic E-state index is 0.141. The summed E-state index contributed by atoms with van der Waals surface area (Å²) in [7, 11) is 0. The standard InChI is InChI=1S/C7H11NO2S/c8-5(11)7(6(9)10)3-1-2-4-7/h1-4H2,(H2,8,11)(H,9,10). The molecule has 0 radical (unpaired) electrons. The van der Waals surface area contributed by atoms with Gasteiger partial charge in [0.05, 0.1) is 4.99 Å². The van der Waals surface area contributed by atoms with Gasteiger partial charge in [-0.1, -0.05) is 25.1 Å². The van der Waals surface area contributed by atoms with Crippen molar-refractivity contribution >= 4 is 23.2 Å². The first-order valence-electron chi connectivity index (χ1n) is 3.63. The van der Waals surface area contributed by atoms with E-state index in [1.54, 1.807) is 0 Å². The van der Waals surface area contributed by atoms with Gasteiger partial charge in [0, 0.05) is 0 Å². The third-order valence-electron chi connectivity index (χ3n) is 2.34. The molecule has 62 valence electrons. The van der Waals surface area contributed by atoms with E-state index < -0.39 is 11.4 Å². The second-order valence-electron chi connectivity index (χ2n) is 2.96. The highest BCUT2D eigenvalue weighted by atomic mass is 32.1. The average molecular weight is 173 g/mol. The van der Waals surface area contributed by atoms with Crippen LogP contribution in [0.25, 0.3) is 0 Å². The van der Waals surface area contributed by atoms with Crippen molar-refractivity contribution in [2.24, 2.45) is 11.1 Å². The number of carbonyl (C=O) groups is 1. The molecule has 0 aliphatic heterocycles. The molecule has 11 heavy (non-hydrogen) atoms. The van der Waals surface area contributed by atoms with Gasteiger partial charge < -0.3 is 10.8 Å². The molecule has 0 unspecified atom stereocenters. The van der Waals surface area contributed by atoms with Crippen molar-refractivity contribution in [1.29, 1.82) is 0 Å². The number of carboxylic acids is 1. The molecule has 0 atom stereocenters. The quantitative estimate of drug-likeness (QED) is 0.609. The lowest BCUT2D eigenvalue weighted by Crippen LogP contribution is -2.40. The second kappa shape index (κ2) is 2.77. The molecular weight excluding hydrogens is 162 g/mol. The monoisotopic (exact) mass is 173 g/mol. The molecule has 0 amide bonds. The zero-order valence-electron chi connectivity index (χ0n) is 6.17. The van der Waals surface area contributed by atoms with Gasteiger partial charge in [0.1, 0.15) is 5.41 Å². The summed E-state index contributed by atoms with van der Waals surface area (Å²) in [4.78, 5) is 10.9.